The first-order valence-corrected chi connectivity index (χ1v) is 10.7. The Balaban J connectivity index is 1.73. The van der Waals surface area contributed by atoms with E-state index in [2.05, 4.69) is 0 Å². The molecule has 2 heterocycles. The molecule has 0 aromatic heterocycles. The molecule has 0 bridgehead atoms. The summed E-state index contributed by atoms with van der Waals surface area (Å²) in [7, 11) is 0. The van der Waals surface area contributed by atoms with E-state index in [-0.39, 0.29) is 36.0 Å². The molecule has 166 valence electrons. The average Bonchev–Trinajstić information content (AvgIpc) is 3.05. The maximum absolute atomic E-state index is 13.4. The van der Waals surface area contributed by atoms with Crippen LogP contribution in [0.5, 0.6) is 0 Å². The summed E-state index contributed by atoms with van der Waals surface area (Å²) in [6.45, 7) is 1.16. The number of nitrogens with zero attached hydrogens (tertiary/aromatic N) is 3. The van der Waals surface area contributed by atoms with Gasteiger partial charge in [-0.2, -0.15) is 0 Å². The van der Waals surface area contributed by atoms with Gasteiger partial charge in [-0.25, -0.2) is 0 Å². The Morgan fingerprint density at radius 1 is 1.06 bits per heavy atom. The minimum Gasteiger partial charge on any atom is -0.396 e. The van der Waals surface area contributed by atoms with Crippen LogP contribution in [0.2, 0.25) is 5.02 Å². The number of nitro groups is 1. The number of benzene rings is 2. The van der Waals surface area contributed by atoms with Crippen molar-refractivity contribution in [1.82, 2.24) is 9.80 Å². The van der Waals surface area contributed by atoms with Crippen LogP contribution in [0.25, 0.3) is 5.57 Å². The van der Waals surface area contributed by atoms with Gasteiger partial charge in [0.15, 0.2) is 0 Å². The van der Waals surface area contributed by atoms with Crippen molar-refractivity contribution in [3.8, 4) is 0 Å². The molecule has 0 aliphatic carbocycles. The molecule has 1 saturated heterocycles. The van der Waals surface area contributed by atoms with Gasteiger partial charge in [-0.15, -0.1) is 0 Å². The van der Waals surface area contributed by atoms with E-state index in [1.807, 2.05) is 4.90 Å². The van der Waals surface area contributed by atoms with E-state index in [9.17, 15) is 24.8 Å². The number of rotatable bonds is 6. The van der Waals surface area contributed by atoms with E-state index in [0.717, 1.165) is 18.4 Å². The summed E-state index contributed by atoms with van der Waals surface area (Å²) in [6.07, 6.45) is 1.64. The van der Waals surface area contributed by atoms with Crippen LogP contribution in [-0.2, 0) is 16.1 Å². The van der Waals surface area contributed by atoms with Crippen molar-refractivity contribution in [2.45, 2.75) is 19.4 Å². The molecule has 2 aromatic carbocycles. The van der Waals surface area contributed by atoms with Gasteiger partial charge in [0.05, 0.1) is 17.0 Å². The number of hydrogen-bond acceptors (Lipinski definition) is 6. The predicted octanol–water partition coefficient (Wildman–Crippen LogP) is 3.23. The van der Waals surface area contributed by atoms with Gasteiger partial charge >= 0.3 is 0 Å². The number of piperidine rings is 1. The van der Waals surface area contributed by atoms with Gasteiger partial charge in [0.1, 0.15) is 5.70 Å². The molecule has 2 amide bonds. The van der Waals surface area contributed by atoms with Crippen molar-refractivity contribution in [2.75, 3.05) is 19.7 Å². The summed E-state index contributed by atoms with van der Waals surface area (Å²) >= 11 is 5.95. The zero-order valence-corrected chi connectivity index (χ0v) is 18.0. The second kappa shape index (κ2) is 9.10. The summed E-state index contributed by atoms with van der Waals surface area (Å²) < 4.78 is 0. The Labute approximate surface area is 189 Å². The first-order valence-electron chi connectivity index (χ1n) is 10.3. The third-order valence-corrected chi connectivity index (χ3v) is 6.11. The molecular formula is C23H22ClN3O5. The van der Waals surface area contributed by atoms with Crippen molar-refractivity contribution in [1.29, 1.82) is 0 Å². The second-order valence-electron chi connectivity index (χ2n) is 7.99. The quantitative estimate of drug-likeness (QED) is 0.407. The van der Waals surface area contributed by atoms with E-state index in [1.54, 1.807) is 24.3 Å². The summed E-state index contributed by atoms with van der Waals surface area (Å²) in [5.41, 5.74) is 1.64. The van der Waals surface area contributed by atoms with Gasteiger partial charge in [0.2, 0.25) is 0 Å². The Bertz CT molecular complexity index is 1080. The van der Waals surface area contributed by atoms with Crippen LogP contribution < -0.4 is 0 Å². The molecule has 4 rings (SSSR count). The topological polar surface area (TPSA) is 104 Å². The lowest BCUT2D eigenvalue weighted by atomic mass is 9.97. The molecule has 2 aliphatic heterocycles. The number of non-ortho nitro benzene ring substituents is 1. The first-order chi connectivity index (χ1) is 15.4. The molecule has 2 aliphatic rings. The van der Waals surface area contributed by atoms with Crippen LogP contribution in [0, 0.1) is 16.0 Å². The standard InChI is InChI=1S/C23H22ClN3O5/c24-18-7-3-15(4-8-18)13-26-22(29)20(17-5-9-19(10-6-17)27(31)32)21(23(26)30)25-11-1-2-16(12-25)14-28/h3-10,16,28H,1-2,11-14H2. The number of imide groups is 1. The lowest BCUT2D eigenvalue weighted by molar-refractivity contribution is -0.384. The largest absolute Gasteiger partial charge is 0.396 e. The van der Waals surface area contributed by atoms with Crippen LogP contribution in [0.4, 0.5) is 5.69 Å². The van der Waals surface area contributed by atoms with Crippen molar-refractivity contribution in [2.24, 2.45) is 5.92 Å². The fraction of sp³-hybridized carbons (Fsp3) is 0.304. The average molecular weight is 456 g/mol. The van der Waals surface area contributed by atoms with Gasteiger partial charge in [-0.1, -0.05) is 23.7 Å². The Hall–Kier alpha value is -3.23. The normalized spacial score (nSPS) is 19.1. The van der Waals surface area contributed by atoms with Gasteiger partial charge in [0, 0.05) is 36.9 Å². The summed E-state index contributed by atoms with van der Waals surface area (Å²) in [5.74, 6) is -0.834. The highest BCUT2D eigenvalue weighted by atomic mass is 35.5. The fourth-order valence-electron chi connectivity index (χ4n) is 4.20. The number of hydrogen-bond donors (Lipinski definition) is 1. The predicted molar refractivity (Wildman–Crippen MR) is 118 cm³/mol. The SMILES string of the molecule is O=C1C(c2ccc([N+](=O)[O-])cc2)=C(N2CCCC(CO)C2)C(=O)N1Cc1ccc(Cl)cc1. The number of carbonyl (C=O) groups is 2. The van der Waals surface area contributed by atoms with Crippen LogP contribution in [0.1, 0.15) is 24.0 Å². The van der Waals surface area contributed by atoms with Crippen molar-refractivity contribution in [3.05, 3.63) is 80.5 Å². The minimum absolute atomic E-state index is 0.00721. The molecule has 0 radical (unpaired) electrons. The maximum atomic E-state index is 13.4. The zero-order chi connectivity index (χ0) is 22.8. The molecule has 1 unspecified atom stereocenters. The van der Waals surface area contributed by atoms with Crippen LogP contribution in [0.3, 0.4) is 0 Å². The number of nitro benzene ring substituents is 1. The van der Waals surface area contributed by atoms with E-state index < -0.39 is 16.7 Å². The molecule has 0 saturated carbocycles. The highest BCUT2D eigenvalue weighted by Crippen LogP contribution is 2.35. The molecule has 1 fully saturated rings. The second-order valence-corrected chi connectivity index (χ2v) is 8.42. The number of halogens is 1. The summed E-state index contributed by atoms with van der Waals surface area (Å²) in [6, 6.07) is 12.6. The monoisotopic (exact) mass is 455 g/mol. The van der Waals surface area contributed by atoms with Gasteiger partial charge in [-0.3, -0.25) is 24.6 Å². The summed E-state index contributed by atoms with van der Waals surface area (Å²) in [5, 5.41) is 21.2. The number of aliphatic hydroxyl groups is 1. The third-order valence-electron chi connectivity index (χ3n) is 5.86. The number of likely N-dealkylation sites (tertiary alicyclic amines) is 1. The smallest absolute Gasteiger partial charge is 0.278 e. The zero-order valence-electron chi connectivity index (χ0n) is 17.2. The van der Waals surface area contributed by atoms with Crippen LogP contribution in [-0.4, -0.2) is 51.3 Å². The van der Waals surface area contributed by atoms with E-state index >= 15 is 0 Å². The van der Waals surface area contributed by atoms with Gasteiger partial charge < -0.3 is 10.0 Å². The molecule has 1 N–H and O–H groups in total. The maximum Gasteiger partial charge on any atom is 0.278 e. The third kappa shape index (κ3) is 4.24. The number of aliphatic hydroxyl groups excluding tert-OH is 1. The lowest BCUT2D eigenvalue weighted by Gasteiger charge is -2.34. The fourth-order valence-corrected chi connectivity index (χ4v) is 4.33. The van der Waals surface area contributed by atoms with E-state index in [1.165, 1.54) is 29.2 Å². The lowest BCUT2D eigenvalue weighted by Crippen LogP contribution is -2.40. The number of amides is 2. The van der Waals surface area contributed by atoms with E-state index in [4.69, 9.17) is 11.6 Å². The number of carbonyl (C=O) groups excluding carboxylic acids is 2. The van der Waals surface area contributed by atoms with Gasteiger partial charge in [0.25, 0.3) is 17.5 Å². The molecule has 9 heteroatoms. The molecule has 2 aromatic rings. The molecule has 32 heavy (non-hydrogen) atoms. The van der Waals surface area contributed by atoms with E-state index in [0.29, 0.717) is 23.7 Å². The minimum atomic E-state index is -0.510. The molecule has 8 nitrogen and oxygen atoms in total. The summed E-state index contributed by atoms with van der Waals surface area (Å²) in [4.78, 5) is 40.5. The molecule has 1 atom stereocenters. The molecule has 0 spiro atoms. The Morgan fingerprint density at radius 3 is 2.38 bits per heavy atom. The highest BCUT2D eigenvalue weighted by molar-refractivity contribution is 6.35. The van der Waals surface area contributed by atoms with Crippen LogP contribution >= 0.6 is 11.6 Å². The van der Waals surface area contributed by atoms with Crippen molar-refractivity contribution < 1.29 is 19.6 Å². The van der Waals surface area contributed by atoms with Crippen LogP contribution in [0.15, 0.2) is 54.2 Å². The van der Waals surface area contributed by atoms with Crippen molar-refractivity contribution >= 4 is 34.7 Å². The Kier molecular flexibility index (Phi) is 6.25. The Morgan fingerprint density at radius 2 is 1.75 bits per heavy atom. The van der Waals surface area contributed by atoms with Gasteiger partial charge in [-0.05, 0) is 54.2 Å². The molecular weight excluding hydrogens is 434 g/mol. The first kappa shape index (κ1) is 22.0. The van der Waals surface area contributed by atoms with Crippen molar-refractivity contribution in [3.63, 3.8) is 0 Å². The highest BCUT2D eigenvalue weighted by Gasteiger charge is 2.42.